The first-order chi connectivity index (χ1) is 8.56. The second kappa shape index (κ2) is 4.07. The minimum absolute atomic E-state index is 0.00598. The number of ether oxygens (including phenoxy) is 1. The Labute approximate surface area is 105 Å². The summed E-state index contributed by atoms with van der Waals surface area (Å²) in [6.45, 7) is 1.95. The molecule has 0 aromatic heterocycles. The van der Waals surface area contributed by atoms with E-state index >= 15 is 0 Å². The highest BCUT2D eigenvalue weighted by Crippen LogP contribution is 2.46. The molecule has 0 radical (unpaired) electrons. The highest BCUT2D eigenvalue weighted by molar-refractivity contribution is 5.77. The maximum absolute atomic E-state index is 11.7. The maximum atomic E-state index is 11.7. The van der Waals surface area contributed by atoms with Gasteiger partial charge in [0.2, 0.25) is 6.04 Å². The summed E-state index contributed by atoms with van der Waals surface area (Å²) in [5, 5.41) is 10.9. The third-order valence-corrected chi connectivity index (χ3v) is 4.73. The van der Waals surface area contributed by atoms with Gasteiger partial charge in [0.15, 0.2) is 0 Å². The van der Waals surface area contributed by atoms with Gasteiger partial charge in [0, 0.05) is 23.7 Å². The van der Waals surface area contributed by atoms with Gasteiger partial charge in [-0.3, -0.25) is 14.9 Å². The largest absolute Gasteiger partial charge is 0.462 e. The first-order valence-corrected chi connectivity index (χ1v) is 6.61. The van der Waals surface area contributed by atoms with Crippen LogP contribution < -0.4 is 0 Å². The number of esters is 1. The number of rotatable bonds is 1. The Hall–Kier alpha value is -1.39. The fourth-order valence-corrected chi connectivity index (χ4v) is 3.68. The van der Waals surface area contributed by atoms with Crippen molar-refractivity contribution in [2.75, 3.05) is 0 Å². The van der Waals surface area contributed by atoms with Crippen molar-refractivity contribution in [3.8, 4) is 0 Å². The smallest absolute Gasteiger partial charge is 0.313 e. The van der Waals surface area contributed by atoms with Crippen molar-refractivity contribution in [2.45, 2.75) is 44.8 Å². The van der Waals surface area contributed by atoms with Gasteiger partial charge in [0.25, 0.3) is 0 Å². The number of fused-ring (bicyclic) bond motifs is 2. The molecule has 5 atom stereocenters. The second-order valence-corrected chi connectivity index (χ2v) is 5.73. The van der Waals surface area contributed by atoms with E-state index in [1.807, 2.05) is 13.0 Å². The molecule has 5 nitrogen and oxygen atoms in total. The SMILES string of the molecule is CC1OC(=O)C2C=C3C[C@H]([N+](=O)[O-])CCC3CC12. The van der Waals surface area contributed by atoms with Gasteiger partial charge in [-0.25, -0.2) is 0 Å². The van der Waals surface area contributed by atoms with E-state index in [1.54, 1.807) is 0 Å². The molecule has 0 aromatic rings. The Morgan fingerprint density at radius 2 is 2.22 bits per heavy atom. The molecular weight excluding hydrogens is 234 g/mol. The van der Waals surface area contributed by atoms with Gasteiger partial charge in [-0.1, -0.05) is 11.6 Å². The van der Waals surface area contributed by atoms with E-state index in [1.165, 1.54) is 0 Å². The van der Waals surface area contributed by atoms with Crippen molar-refractivity contribution in [3.63, 3.8) is 0 Å². The van der Waals surface area contributed by atoms with Crippen molar-refractivity contribution in [1.29, 1.82) is 0 Å². The summed E-state index contributed by atoms with van der Waals surface area (Å²) < 4.78 is 5.27. The van der Waals surface area contributed by atoms with E-state index in [0.717, 1.165) is 18.4 Å². The van der Waals surface area contributed by atoms with Crippen molar-refractivity contribution in [3.05, 3.63) is 21.8 Å². The minimum Gasteiger partial charge on any atom is -0.462 e. The Kier molecular flexibility index (Phi) is 2.64. The van der Waals surface area contributed by atoms with Crippen LogP contribution in [-0.4, -0.2) is 23.0 Å². The lowest BCUT2D eigenvalue weighted by Gasteiger charge is -2.34. The molecule has 0 aromatic carbocycles. The number of carbonyl (C=O) groups excluding carboxylic acids is 1. The van der Waals surface area contributed by atoms with Crippen LogP contribution in [0.15, 0.2) is 11.6 Å². The fourth-order valence-electron chi connectivity index (χ4n) is 3.68. The Balaban J connectivity index is 1.84. The first kappa shape index (κ1) is 11.7. The molecule has 0 N–H and O–H groups in total. The van der Waals surface area contributed by atoms with E-state index in [2.05, 4.69) is 0 Å². The zero-order valence-corrected chi connectivity index (χ0v) is 10.4. The number of cyclic esters (lactones) is 1. The fraction of sp³-hybridized carbons (Fsp3) is 0.769. The second-order valence-electron chi connectivity index (χ2n) is 5.73. The monoisotopic (exact) mass is 251 g/mol. The summed E-state index contributed by atoms with van der Waals surface area (Å²) in [4.78, 5) is 22.4. The molecule has 98 valence electrons. The molecule has 1 saturated heterocycles. The molecule has 2 aliphatic carbocycles. The van der Waals surface area contributed by atoms with Crippen molar-refractivity contribution in [2.24, 2.45) is 17.8 Å². The van der Waals surface area contributed by atoms with Crippen LogP contribution in [0.25, 0.3) is 0 Å². The molecule has 18 heavy (non-hydrogen) atoms. The molecule has 2 fully saturated rings. The van der Waals surface area contributed by atoms with E-state index in [9.17, 15) is 14.9 Å². The highest BCUT2D eigenvalue weighted by Gasteiger charge is 2.47. The first-order valence-electron chi connectivity index (χ1n) is 6.61. The summed E-state index contributed by atoms with van der Waals surface area (Å²) in [7, 11) is 0. The molecule has 0 spiro atoms. The Morgan fingerprint density at radius 1 is 1.44 bits per heavy atom. The summed E-state index contributed by atoms with van der Waals surface area (Å²) >= 11 is 0. The lowest BCUT2D eigenvalue weighted by molar-refractivity contribution is -0.524. The van der Waals surface area contributed by atoms with E-state index < -0.39 is 6.04 Å². The number of nitro groups is 1. The Bertz CT molecular complexity index is 431. The van der Waals surface area contributed by atoms with Gasteiger partial charge >= 0.3 is 5.97 Å². The summed E-state index contributed by atoms with van der Waals surface area (Å²) in [5.41, 5.74) is 1.12. The molecule has 0 amide bonds. The molecule has 1 heterocycles. The predicted octanol–water partition coefficient (Wildman–Crippen LogP) is 1.94. The molecule has 3 aliphatic rings. The molecule has 3 rings (SSSR count). The van der Waals surface area contributed by atoms with E-state index in [-0.39, 0.29) is 28.8 Å². The van der Waals surface area contributed by atoms with Gasteiger partial charge in [0.1, 0.15) is 6.10 Å². The van der Waals surface area contributed by atoms with Gasteiger partial charge in [-0.15, -0.1) is 0 Å². The van der Waals surface area contributed by atoms with Crippen LogP contribution in [-0.2, 0) is 9.53 Å². The number of nitrogens with zero attached hydrogens (tertiary/aromatic N) is 1. The average Bonchev–Trinajstić information content (AvgIpc) is 2.61. The molecule has 1 aliphatic heterocycles. The van der Waals surface area contributed by atoms with E-state index in [0.29, 0.717) is 18.8 Å². The average molecular weight is 251 g/mol. The van der Waals surface area contributed by atoms with Gasteiger partial charge in [-0.2, -0.15) is 0 Å². The van der Waals surface area contributed by atoms with E-state index in [4.69, 9.17) is 4.74 Å². The number of hydrogen-bond donors (Lipinski definition) is 0. The zero-order chi connectivity index (χ0) is 12.9. The third kappa shape index (κ3) is 1.72. The summed E-state index contributed by atoms with van der Waals surface area (Å²) in [6.07, 6.45) is 4.97. The number of carbonyl (C=O) groups is 1. The van der Waals surface area contributed by atoms with Gasteiger partial charge < -0.3 is 4.74 Å². The molecule has 0 bridgehead atoms. The van der Waals surface area contributed by atoms with Crippen molar-refractivity contribution < 1.29 is 14.5 Å². The lowest BCUT2D eigenvalue weighted by Crippen LogP contribution is -2.34. The van der Waals surface area contributed by atoms with Crippen LogP contribution in [0.3, 0.4) is 0 Å². The predicted molar refractivity (Wildman–Crippen MR) is 63.4 cm³/mol. The van der Waals surface area contributed by atoms with Crippen LogP contribution in [0.5, 0.6) is 0 Å². The highest BCUT2D eigenvalue weighted by atomic mass is 16.6. The quantitative estimate of drug-likeness (QED) is 0.309. The topological polar surface area (TPSA) is 69.4 Å². The van der Waals surface area contributed by atoms with Crippen molar-refractivity contribution in [1.82, 2.24) is 0 Å². The summed E-state index contributed by atoms with van der Waals surface area (Å²) in [6, 6.07) is -0.459. The van der Waals surface area contributed by atoms with Crippen LogP contribution >= 0.6 is 0 Å². The summed E-state index contributed by atoms with van der Waals surface area (Å²) in [5.74, 6) is 0.399. The lowest BCUT2D eigenvalue weighted by atomic mass is 9.68. The van der Waals surface area contributed by atoms with Gasteiger partial charge in [0.05, 0.1) is 5.92 Å². The molecule has 1 saturated carbocycles. The van der Waals surface area contributed by atoms with Crippen LogP contribution in [0.4, 0.5) is 0 Å². The molecular formula is C13H17NO4. The van der Waals surface area contributed by atoms with Gasteiger partial charge in [-0.05, 0) is 25.7 Å². The number of hydrogen-bond acceptors (Lipinski definition) is 4. The van der Waals surface area contributed by atoms with Crippen molar-refractivity contribution >= 4 is 5.97 Å². The standard InChI is InChI=1S/C13H17NO4/c1-7-11-5-8-2-3-10(14(16)17)4-9(8)6-12(11)13(15)18-7/h6-8,10-12H,2-5H2,1H3/t7?,8?,10-,11?,12?/m1/s1. The van der Waals surface area contributed by atoms with Crippen LogP contribution in [0, 0.1) is 27.9 Å². The molecule has 5 heteroatoms. The zero-order valence-electron chi connectivity index (χ0n) is 10.4. The normalized spacial score (nSPS) is 42.6. The van der Waals surface area contributed by atoms with Crippen LogP contribution in [0.2, 0.25) is 0 Å². The van der Waals surface area contributed by atoms with Crippen LogP contribution in [0.1, 0.15) is 32.6 Å². The minimum atomic E-state index is -0.459. The Morgan fingerprint density at radius 3 is 2.94 bits per heavy atom. The third-order valence-electron chi connectivity index (χ3n) is 4.73. The molecule has 4 unspecified atom stereocenters. The maximum Gasteiger partial charge on any atom is 0.313 e.